The van der Waals surface area contributed by atoms with Gasteiger partial charge in [0.25, 0.3) is 0 Å². The minimum Gasteiger partial charge on any atom is -0.256 e. The van der Waals surface area contributed by atoms with E-state index in [4.69, 9.17) is 0 Å². The van der Waals surface area contributed by atoms with Crippen molar-refractivity contribution < 1.29 is 4.39 Å². The van der Waals surface area contributed by atoms with E-state index in [1.165, 1.54) is 6.07 Å². The average molecular weight is 213 g/mol. The molecule has 16 heavy (non-hydrogen) atoms. The Morgan fingerprint density at radius 3 is 2.50 bits per heavy atom. The Bertz CT molecular complexity index is 503. The van der Waals surface area contributed by atoms with Crippen LogP contribution in [0.25, 0.3) is 0 Å². The Kier molecular flexibility index (Phi) is 3.10. The van der Waals surface area contributed by atoms with Crippen molar-refractivity contribution in [1.82, 2.24) is 0 Å². The van der Waals surface area contributed by atoms with Gasteiger partial charge in [-0.1, -0.05) is 30.3 Å². The number of benzene rings is 2. The molecule has 0 aliphatic carbocycles. The normalized spacial score (nSPS) is 10.9. The van der Waals surface area contributed by atoms with Crippen LogP contribution in [0.15, 0.2) is 53.5 Å². The highest BCUT2D eigenvalue weighted by Crippen LogP contribution is 2.11. The van der Waals surface area contributed by atoms with Crippen molar-refractivity contribution in [2.45, 2.75) is 6.92 Å². The molecule has 2 aromatic rings. The fourth-order valence-corrected chi connectivity index (χ4v) is 1.35. The van der Waals surface area contributed by atoms with Crippen LogP contribution in [0.1, 0.15) is 11.1 Å². The van der Waals surface area contributed by atoms with Crippen molar-refractivity contribution in [1.29, 1.82) is 0 Å². The van der Waals surface area contributed by atoms with Crippen LogP contribution >= 0.6 is 0 Å². The Balaban J connectivity index is 2.21. The van der Waals surface area contributed by atoms with E-state index >= 15 is 0 Å². The molecule has 0 unspecified atom stereocenters. The van der Waals surface area contributed by atoms with Gasteiger partial charge in [-0.25, -0.2) is 4.39 Å². The summed E-state index contributed by atoms with van der Waals surface area (Å²) >= 11 is 0. The van der Waals surface area contributed by atoms with Crippen LogP contribution in [0.5, 0.6) is 0 Å². The van der Waals surface area contributed by atoms with Crippen LogP contribution in [-0.4, -0.2) is 6.21 Å². The minimum atomic E-state index is -0.197. The molecule has 0 spiro atoms. The summed E-state index contributed by atoms with van der Waals surface area (Å²) in [6.45, 7) is 1.74. The molecule has 2 rings (SSSR count). The number of nitrogens with zero attached hydrogens (tertiary/aromatic N) is 1. The molecule has 0 bridgehead atoms. The van der Waals surface area contributed by atoms with Crippen molar-refractivity contribution in [3.8, 4) is 0 Å². The average Bonchev–Trinajstić information content (AvgIpc) is 2.32. The number of rotatable bonds is 2. The standard InChI is InChI=1S/C14H12FN/c1-11-7-8-12(9-14(11)15)10-16-13-5-3-2-4-6-13/h2-10H,1H3. The number of hydrogen-bond donors (Lipinski definition) is 0. The van der Waals surface area contributed by atoms with Gasteiger partial charge in [-0.15, -0.1) is 0 Å². The molecule has 1 nitrogen and oxygen atoms in total. The first-order chi connectivity index (χ1) is 7.75. The molecule has 0 saturated carbocycles. The van der Waals surface area contributed by atoms with Gasteiger partial charge in [0.1, 0.15) is 5.82 Å². The van der Waals surface area contributed by atoms with Crippen molar-refractivity contribution in [3.63, 3.8) is 0 Å². The van der Waals surface area contributed by atoms with Gasteiger partial charge >= 0.3 is 0 Å². The summed E-state index contributed by atoms with van der Waals surface area (Å²) < 4.78 is 13.2. The lowest BCUT2D eigenvalue weighted by Crippen LogP contribution is -1.86. The Morgan fingerprint density at radius 2 is 1.81 bits per heavy atom. The number of aliphatic imine (C=N–C) groups is 1. The van der Waals surface area contributed by atoms with Crippen molar-refractivity contribution in [2.75, 3.05) is 0 Å². The predicted octanol–water partition coefficient (Wildman–Crippen LogP) is 3.88. The molecular formula is C14H12FN. The van der Waals surface area contributed by atoms with Crippen LogP contribution < -0.4 is 0 Å². The highest BCUT2D eigenvalue weighted by Gasteiger charge is 1.96. The van der Waals surface area contributed by atoms with E-state index in [0.29, 0.717) is 5.56 Å². The summed E-state index contributed by atoms with van der Waals surface area (Å²) in [5.41, 5.74) is 2.28. The lowest BCUT2D eigenvalue weighted by atomic mass is 10.1. The first kappa shape index (κ1) is 10.6. The fourth-order valence-electron chi connectivity index (χ4n) is 1.35. The second-order valence-corrected chi connectivity index (χ2v) is 3.60. The zero-order valence-corrected chi connectivity index (χ0v) is 9.02. The predicted molar refractivity (Wildman–Crippen MR) is 64.8 cm³/mol. The van der Waals surface area contributed by atoms with Crippen LogP contribution in [0.4, 0.5) is 10.1 Å². The molecule has 0 amide bonds. The quantitative estimate of drug-likeness (QED) is 0.671. The van der Waals surface area contributed by atoms with Crippen LogP contribution in [0.3, 0.4) is 0 Å². The maximum Gasteiger partial charge on any atom is 0.126 e. The van der Waals surface area contributed by atoms with Gasteiger partial charge in [-0.3, -0.25) is 4.99 Å². The Morgan fingerprint density at radius 1 is 1.06 bits per heavy atom. The van der Waals surface area contributed by atoms with Crippen LogP contribution in [-0.2, 0) is 0 Å². The third-order valence-corrected chi connectivity index (χ3v) is 2.31. The highest BCUT2D eigenvalue weighted by molar-refractivity contribution is 5.81. The number of aryl methyl sites for hydroxylation is 1. The third kappa shape index (κ3) is 2.54. The molecule has 0 saturated heterocycles. The van der Waals surface area contributed by atoms with Crippen molar-refractivity contribution >= 4 is 11.9 Å². The molecule has 0 aliphatic heterocycles. The fraction of sp³-hybridized carbons (Fsp3) is 0.0714. The molecule has 0 aliphatic rings. The van der Waals surface area contributed by atoms with Gasteiger partial charge < -0.3 is 0 Å². The molecule has 0 heterocycles. The molecule has 0 radical (unpaired) electrons. The van der Waals surface area contributed by atoms with Gasteiger partial charge in [-0.05, 0) is 36.2 Å². The van der Waals surface area contributed by atoms with E-state index in [2.05, 4.69) is 4.99 Å². The Labute approximate surface area is 94.3 Å². The van der Waals surface area contributed by atoms with Gasteiger partial charge in [0, 0.05) is 6.21 Å². The van der Waals surface area contributed by atoms with Crippen LogP contribution in [0, 0.1) is 12.7 Å². The van der Waals surface area contributed by atoms with Gasteiger partial charge in [0.15, 0.2) is 0 Å². The molecule has 80 valence electrons. The van der Waals surface area contributed by atoms with E-state index in [1.54, 1.807) is 19.2 Å². The van der Waals surface area contributed by atoms with Gasteiger partial charge in [-0.2, -0.15) is 0 Å². The van der Waals surface area contributed by atoms with Crippen molar-refractivity contribution in [2.24, 2.45) is 4.99 Å². The second kappa shape index (κ2) is 4.71. The highest BCUT2D eigenvalue weighted by atomic mass is 19.1. The first-order valence-electron chi connectivity index (χ1n) is 5.11. The molecule has 0 aromatic heterocycles. The van der Waals surface area contributed by atoms with Gasteiger partial charge in [0.2, 0.25) is 0 Å². The topological polar surface area (TPSA) is 12.4 Å². The smallest absolute Gasteiger partial charge is 0.126 e. The zero-order valence-electron chi connectivity index (χ0n) is 9.02. The second-order valence-electron chi connectivity index (χ2n) is 3.60. The van der Waals surface area contributed by atoms with Gasteiger partial charge in [0.05, 0.1) is 5.69 Å². The molecule has 2 aromatic carbocycles. The van der Waals surface area contributed by atoms with Crippen molar-refractivity contribution in [3.05, 3.63) is 65.5 Å². The van der Waals surface area contributed by atoms with E-state index in [-0.39, 0.29) is 5.82 Å². The van der Waals surface area contributed by atoms with E-state index in [1.807, 2.05) is 36.4 Å². The summed E-state index contributed by atoms with van der Waals surface area (Å²) in [4.78, 5) is 4.26. The Hall–Kier alpha value is -1.96. The molecule has 0 fully saturated rings. The largest absolute Gasteiger partial charge is 0.256 e. The maximum absolute atomic E-state index is 13.2. The summed E-state index contributed by atoms with van der Waals surface area (Å²) in [7, 11) is 0. The summed E-state index contributed by atoms with van der Waals surface area (Å²) in [6, 6.07) is 14.7. The summed E-state index contributed by atoms with van der Waals surface area (Å²) in [6.07, 6.45) is 1.66. The minimum absolute atomic E-state index is 0.197. The summed E-state index contributed by atoms with van der Waals surface area (Å²) in [5.74, 6) is -0.197. The third-order valence-electron chi connectivity index (χ3n) is 2.31. The monoisotopic (exact) mass is 213 g/mol. The SMILES string of the molecule is Cc1ccc(C=Nc2ccccc2)cc1F. The molecule has 2 heteroatoms. The van der Waals surface area contributed by atoms with E-state index in [9.17, 15) is 4.39 Å². The zero-order chi connectivity index (χ0) is 11.4. The van der Waals surface area contributed by atoms with E-state index < -0.39 is 0 Å². The number of halogens is 1. The summed E-state index contributed by atoms with van der Waals surface area (Å²) in [5, 5.41) is 0. The number of para-hydroxylation sites is 1. The lowest BCUT2D eigenvalue weighted by Gasteiger charge is -1.97. The first-order valence-corrected chi connectivity index (χ1v) is 5.11. The maximum atomic E-state index is 13.2. The van der Waals surface area contributed by atoms with Crippen LogP contribution in [0.2, 0.25) is 0 Å². The lowest BCUT2D eigenvalue weighted by molar-refractivity contribution is 0.618. The number of hydrogen-bond acceptors (Lipinski definition) is 1. The molecule has 0 atom stereocenters. The molecule has 0 N–H and O–H groups in total. The molecular weight excluding hydrogens is 201 g/mol. The van der Waals surface area contributed by atoms with E-state index in [0.717, 1.165) is 11.3 Å².